The first-order chi connectivity index (χ1) is 15.8. The van der Waals surface area contributed by atoms with Crippen LogP contribution in [0.15, 0.2) is 76.4 Å². The molecule has 2 aromatic carbocycles. The maximum absolute atomic E-state index is 13.3. The van der Waals surface area contributed by atoms with Gasteiger partial charge in [0.15, 0.2) is 0 Å². The van der Waals surface area contributed by atoms with Crippen LogP contribution in [0.1, 0.15) is 28.4 Å². The van der Waals surface area contributed by atoms with E-state index in [-0.39, 0.29) is 28.2 Å². The van der Waals surface area contributed by atoms with E-state index in [0.717, 1.165) is 12.1 Å². The van der Waals surface area contributed by atoms with Crippen molar-refractivity contribution in [2.45, 2.75) is 23.8 Å². The Bertz CT molecular complexity index is 1390. The topological polar surface area (TPSA) is 88.5 Å². The Morgan fingerprint density at radius 2 is 1.70 bits per heavy atom. The van der Waals surface area contributed by atoms with E-state index in [1.807, 2.05) is 6.07 Å². The van der Waals surface area contributed by atoms with Gasteiger partial charge in [-0.2, -0.15) is 4.31 Å². The predicted octanol–water partition coefficient (Wildman–Crippen LogP) is 3.56. The second kappa shape index (κ2) is 8.44. The lowest BCUT2D eigenvalue weighted by Crippen LogP contribution is -2.48. The van der Waals surface area contributed by atoms with E-state index in [2.05, 4.69) is 5.32 Å². The number of benzene rings is 2. The minimum absolute atomic E-state index is 0.00430. The number of piperidine rings is 1. The quantitative estimate of drug-likeness (QED) is 0.614. The Kier molecular flexibility index (Phi) is 5.60. The minimum Gasteiger partial charge on any atom is -0.322 e. The van der Waals surface area contributed by atoms with E-state index < -0.39 is 10.0 Å². The number of anilines is 1. The van der Waals surface area contributed by atoms with Crippen molar-refractivity contribution in [3.8, 4) is 0 Å². The molecule has 1 saturated heterocycles. The summed E-state index contributed by atoms with van der Waals surface area (Å²) in [5.74, 6) is -0.273. The van der Waals surface area contributed by atoms with Gasteiger partial charge in [-0.05, 0) is 54.8 Å². The van der Waals surface area contributed by atoms with Gasteiger partial charge in [0.05, 0.1) is 15.5 Å². The molecule has 1 fully saturated rings. The van der Waals surface area contributed by atoms with Crippen molar-refractivity contribution in [3.63, 3.8) is 0 Å². The molecule has 1 amide bonds. The zero-order valence-corrected chi connectivity index (χ0v) is 19.2. The van der Waals surface area contributed by atoms with E-state index in [1.54, 1.807) is 53.1 Å². The summed E-state index contributed by atoms with van der Waals surface area (Å²) in [7, 11) is -3.71. The number of halogens is 1. The average molecular weight is 484 g/mol. The van der Waals surface area contributed by atoms with E-state index in [4.69, 9.17) is 11.6 Å². The van der Waals surface area contributed by atoms with Crippen LogP contribution in [0.3, 0.4) is 0 Å². The number of carbonyl (C=O) groups is 1. The molecule has 3 heterocycles. The number of nitrogens with one attached hydrogen (secondary N) is 1. The molecule has 5 rings (SSSR count). The van der Waals surface area contributed by atoms with Gasteiger partial charge in [-0.25, -0.2) is 8.42 Å². The van der Waals surface area contributed by atoms with Crippen LogP contribution in [0.5, 0.6) is 0 Å². The Balaban J connectivity index is 1.34. The van der Waals surface area contributed by atoms with E-state index in [0.29, 0.717) is 35.9 Å². The molecule has 1 N–H and O–H groups in total. The van der Waals surface area contributed by atoms with Crippen LogP contribution in [-0.4, -0.2) is 36.3 Å². The molecular weight excluding hydrogens is 462 g/mol. The van der Waals surface area contributed by atoms with Gasteiger partial charge in [0.25, 0.3) is 11.5 Å². The molecule has 0 aliphatic carbocycles. The highest BCUT2D eigenvalue weighted by Crippen LogP contribution is 2.37. The molecule has 170 valence electrons. The summed E-state index contributed by atoms with van der Waals surface area (Å²) in [6.07, 6.45) is 0.877. The number of pyridine rings is 1. The lowest BCUT2D eigenvalue weighted by Gasteiger charge is -2.42. The third kappa shape index (κ3) is 4.10. The monoisotopic (exact) mass is 483 g/mol. The van der Waals surface area contributed by atoms with Gasteiger partial charge in [0.1, 0.15) is 0 Å². The highest BCUT2D eigenvalue weighted by atomic mass is 35.5. The normalized spacial score (nSPS) is 20.2. The SMILES string of the molecule is O=C(Nc1ccc(S(=O)(=O)N2C[C@H]3C[C@@H](C2)c2cccc(=O)n2C3)cc1)c1ccccc1Cl. The van der Waals surface area contributed by atoms with Crippen molar-refractivity contribution in [1.29, 1.82) is 0 Å². The van der Waals surface area contributed by atoms with Crippen LogP contribution in [0.2, 0.25) is 5.02 Å². The molecular formula is C24H22ClN3O4S. The number of sulfonamides is 1. The second-order valence-corrected chi connectivity index (χ2v) is 10.8. The summed E-state index contributed by atoms with van der Waals surface area (Å²) in [5.41, 5.74) is 1.68. The van der Waals surface area contributed by atoms with Crippen LogP contribution in [0.4, 0.5) is 5.69 Å². The fourth-order valence-corrected chi connectivity index (χ4v) is 6.53. The highest BCUT2D eigenvalue weighted by Gasteiger charge is 2.39. The second-order valence-electron chi connectivity index (χ2n) is 8.48. The zero-order valence-electron chi connectivity index (χ0n) is 17.6. The van der Waals surface area contributed by atoms with Gasteiger partial charge in [-0.3, -0.25) is 9.59 Å². The van der Waals surface area contributed by atoms with E-state index in [9.17, 15) is 18.0 Å². The first kappa shape index (κ1) is 21.9. The Hall–Kier alpha value is -2.94. The standard InChI is InChI=1S/C24H22ClN3O4S/c25-21-5-2-1-4-20(21)24(30)26-18-8-10-19(11-9-18)33(31,32)27-13-16-12-17(15-27)22-6-3-7-23(29)28(22)14-16/h1-11,16-17H,12-15H2,(H,26,30)/t16-,17+/m1/s1. The van der Waals surface area contributed by atoms with Gasteiger partial charge >= 0.3 is 0 Å². The molecule has 0 unspecified atom stereocenters. The van der Waals surface area contributed by atoms with Crippen molar-refractivity contribution in [2.24, 2.45) is 5.92 Å². The molecule has 0 saturated carbocycles. The van der Waals surface area contributed by atoms with Crippen LogP contribution >= 0.6 is 11.6 Å². The van der Waals surface area contributed by atoms with Gasteiger partial charge < -0.3 is 9.88 Å². The number of aromatic nitrogens is 1. The molecule has 2 bridgehead atoms. The average Bonchev–Trinajstić information content (AvgIpc) is 2.80. The molecule has 2 aliphatic rings. The molecule has 0 spiro atoms. The van der Waals surface area contributed by atoms with Crippen molar-refractivity contribution in [2.75, 3.05) is 18.4 Å². The Morgan fingerprint density at radius 3 is 2.45 bits per heavy atom. The predicted molar refractivity (Wildman–Crippen MR) is 126 cm³/mol. The Labute approximate surface area is 196 Å². The first-order valence-corrected chi connectivity index (χ1v) is 12.5. The maximum Gasteiger partial charge on any atom is 0.257 e. The fourth-order valence-electron chi connectivity index (χ4n) is 4.75. The molecule has 33 heavy (non-hydrogen) atoms. The molecule has 3 aromatic rings. The van der Waals surface area contributed by atoms with Crippen LogP contribution in [0.25, 0.3) is 0 Å². The third-order valence-corrected chi connectivity index (χ3v) is 8.49. The number of carbonyl (C=O) groups excluding carboxylic acids is 1. The number of rotatable bonds is 4. The summed E-state index contributed by atoms with van der Waals surface area (Å²) < 4.78 is 30.0. The fraction of sp³-hybridized carbons (Fsp3) is 0.250. The van der Waals surface area contributed by atoms with Crippen molar-refractivity contribution < 1.29 is 13.2 Å². The molecule has 1 aromatic heterocycles. The Morgan fingerprint density at radius 1 is 0.939 bits per heavy atom. The van der Waals surface area contributed by atoms with Crippen molar-refractivity contribution >= 4 is 33.2 Å². The summed E-state index contributed by atoms with van der Waals surface area (Å²) >= 11 is 6.07. The van der Waals surface area contributed by atoms with Gasteiger partial charge in [-0.15, -0.1) is 0 Å². The summed E-state index contributed by atoms with van der Waals surface area (Å²) in [6, 6.07) is 18.1. The minimum atomic E-state index is -3.71. The van der Waals surface area contributed by atoms with Crippen molar-refractivity contribution in [3.05, 3.63) is 93.4 Å². The van der Waals surface area contributed by atoms with Gasteiger partial charge in [0, 0.05) is 43.0 Å². The summed E-state index contributed by atoms with van der Waals surface area (Å²) in [5, 5.41) is 3.08. The third-order valence-electron chi connectivity index (χ3n) is 6.31. The van der Waals surface area contributed by atoms with Crippen LogP contribution < -0.4 is 10.9 Å². The zero-order chi connectivity index (χ0) is 23.2. The van der Waals surface area contributed by atoms with E-state index in [1.165, 1.54) is 16.4 Å². The number of fused-ring (bicyclic) bond motifs is 4. The first-order valence-electron chi connectivity index (χ1n) is 10.7. The van der Waals surface area contributed by atoms with E-state index >= 15 is 0 Å². The molecule has 9 heteroatoms. The smallest absolute Gasteiger partial charge is 0.257 e. The number of hydrogen-bond donors (Lipinski definition) is 1. The number of nitrogens with zero attached hydrogens (tertiary/aromatic N) is 2. The van der Waals surface area contributed by atoms with Crippen molar-refractivity contribution in [1.82, 2.24) is 8.87 Å². The van der Waals surface area contributed by atoms with Crippen LogP contribution in [0, 0.1) is 5.92 Å². The highest BCUT2D eigenvalue weighted by molar-refractivity contribution is 7.89. The largest absolute Gasteiger partial charge is 0.322 e. The lowest BCUT2D eigenvalue weighted by atomic mass is 9.84. The molecule has 2 aliphatic heterocycles. The maximum atomic E-state index is 13.3. The van der Waals surface area contributed by atoms with Gasteiger partial charge in [0.2, 0.25) is 10.0 Å². The molecule has 0 radical (unpaired) electrons. The molecule has 7 nitrogen and oxygen atoms in total. The molecule has 2 atom stereocenters. The lowest BCUT2D eigenvalue weighted by molar-refractivity contribution is 0.102. The van der Waals surface area contributed by atoms with Crippen LogP contribution in [-0.2, 0) is 16.6 Å². The van der Waals surface area contributed by atoms with Gasteiger partial charge in [-0.1, -0.05) is 29.8 Å². The summed E-state index contributed by atoms with van der Waals surface area (Å²) in [4.78, 5) is 24.8. The number of amides is 1. The number of hydrogen-bond acceptors (Lipinski definition) is 4. The summed E-state index contributed by atoms with van der Waals surface area (Å²) in [6.45, 7) is 1.25.